The molecule has 0 bridgehead atoms. The number of hydrogen-bond acceptors (Lipinski definition) is 6. The van der Waals surface area contributed by atoms with Gasteiger partial charge in [0.25, 0.3) is 11.5 Å². The number of para-hydroxylation sites is 1. The topological polar surface area (TPSA) is 106 Å². The maximum atomic E-state index is 13.2. The molecule has 3 aromatic rings. The number of nitrogens with zero attached hydrogens (tertiary/aromatic N) is 1. The number of hydrogen-bond donors (Lipinski definition) is 3. The van der Waals surface area contributed by atoms with Gasteiger partial charge in [-0.3, -0.25) is 9.59 Å². The van der Waals surface area contributed by atoms with E-state index >= 15 is 0 Å². The number of thiophene rings is 1. The van der Waals surface area contributed by atoms with Crippen LogP contribution >= 0.6 is 11.3 Å². The van der Waals surface area contributed by atoms with Gasteiger partial charge in [0.15, 0.2) is 11.9 Å². The number of benzene rings is 1. The smallest absolute Gasteiger partial charge is 0.341 e. The molecular weight excluding hydrogens is 452 g/mol. The number of aromatic nitrogens is 2. The Hall–Kier alpha value is -3.04. The van der Waals surface area contributed by atoms with Crippen molar-refractivity contribution in [1.29, 1.82) is 0 Å². The van der Waals surface area contributed by atoms with Crippen molar-refractivity contribution in [2.45, 2.75) is 52.6 Å². The Balaban J connectivity index is 1.52. The van der Waals surface area contributed by atoms with E-state index in [1.54, 1.807) is 25.1 Å². The number of anilines is 1. The zero-order chi connectivity index (χ0) is 24.4. The van der Waals surface area contributed by atoms with E-state index in [0.717, 1.165) is 34.6 Å². The lowest BCUT2D eigenvalue weighted by Crippen LogP contribution is -3.12. The highest BCUT2D eigenvalue weighted by Crippen LogP contribution is 2.40. The van der Waals surface area contributed by atoms with Crippen LogP contribution in [0.4, 0.5) is 5.00 Å². The normalized spacial score (nSPS) is 17.1. The third kappa shape index (κ3) is 4.90. The standard InChI is InChI=1S/C25H30N4O4S/c1-5-33-25(32)21-17-11-10-14(2)12-19(17)34-24(21)28-22(30)15(3)29(4)13-20-26-18-9-7-6-8-16(18)23(31)27-20/h6-9,14-15H,5,10-13H2,1-4H3,(H,28,30)(H,26,27,31)/p+1/t14-,15-/m1/s1. The number of amides is 1. The van der Waals surface area contributed by atoms with Gasteiger partial charge in [0, 0.05) is 4.88 Å². The molecule has 180 valence electrons. The van der Waals surface area contributed by atoms with E-state index in [2.05, 4.69) is 22.2 Å². The van der Waals surface area contributed by atoms with Crippen molar-refractivity contribution in [3.8, 4) is 0 Å². The van der Waals surface area contributed by atoms with Crippen LogP contribution in [0.2, 0.25) is 0 Å². The van der Waals surface area contributed by atoms with Gasteiger partial charge in [0.1, 0.15) is 11.5 Å². The van der Waals surface area contributed by atoms with E-state index in [-0.39, 0.29) is 24.0 Å². The first kappa shape index (κ1) is 24.1. The summed E-state index contributed by atoms with van der Waals surface area (Å²) >= 11 is 1.48. The average molecular weight is 484 g/mol. The Morgan fingerprint density at radius 2 is 2.12 bits per heavy atom. The fourth-order valence-electron chi connectivity index (χ4n) is 4.34. The van der Waals surface area contributed by atoms with Gasteiger partial charge in [-0.25, -0.2) is 9.78 Å². The summed E-state index contributed by atoms with van der Waals surface area (Å²) in [5.74, 6) is 0.499. The zero-order valence-electron chi connectivity index (χ0n) is 20.0. The number of ether oxygens (including phenoxy) is 1. The van der Waals surface area contributed by atoms with Crippen LogP contribution in [0, 0.1) is 5.92 Å². The van der Waals surface area contributed by atoms with Gasteiger partial charge in [0.2, 0.25) is 0 Å². The van der Waals surface area contributed by atoms with E-state index < -0.39 is 6.04 Å². The monoisotopic (exact) mass is 483 g/mol. The molecule has 3 atom stereocenters. The number of carbonyl (C=O) groups is 2. The van der Waals surface area contributed by atoms with Gasteiger partial charge in [-0.1, -0.05) is 19.1 Å². The molecule has 1 aromatic carbocycles. The van der Waals surface area contributed by atoms with Crippen LogP contribution in [-0.2, 0) is 28.9 Å². The van der Waals surface area contributed by atoms with E-state index in [1.807, 2.05) is 20.0 Å². The number of aromatic amines is 1. The van der Waals surface area contributed by atoms with Gasteiger partial charge >= 0.3 is 5.97 Å². The third-order valence-electron chi connectivity index (χ3n) is 6.47. The second-order valence-corrected chi connectivity index (χ2v) is 10.1. The molecule has 34 heavy (non-hydrogen) atoms. The highest BCUT2D eigenvalue weighted by atomic mass is 32.1. The number of nitrogens with one attached hydrogen (secondary N) is 3. The number of fused-ring (bicyclic) bond motifs is 2. The molecule has 8 nitrogen and oxygen atoms in total. The molecular formula is C25H31N4O4S+. The van der Waals surface area contributed by atoms with Crippen molar-refractivity contribution in [3.63, 3.8) is 0 Å². The van der Waals surface area contributed by atoms with Crippen LogP contribution in [0.5, 0.6) is 0 Å². The van der Waals surface area contributed by atoms with Crippen molar-refractivity contribution in [3.05, 3.63) is 56.4 Å². The highest BCUT2D eigenvalue weighted by Gasteiger charge is 2.31. The summed E-state index contributed by atoms with van der Waals surface area (Å²) in [6.07, 6.45) is 2.74. The van der Waals surface area contributed by atoms with Gasteiger partial charge in [-0.15, -0.1) is 11.3 Å². The molecule has 0 fully saturated rings. The second kappa shape index (κ2) is 10.1. The molecule has 0 spiro atoms. The lowest BCUT2D eigenvalue weighted by Gasteiger charge is -2.20. The Labute approximate surface area is 202 Å². The number of rotatable bonds is 7. The minimum atomic E-state index is -0.440. The van der Waals surface area contributed by atoms with Crippen LogP contribution < -0.4 is 15.8 Å². The molecule has 2 aromatic heterocycles. The summed E-state index contributed by atoms with van der Waals surface area (Å²) in [7, 11) is 1.88. The quantitative estimate of drug-likeness (QED) is 0.448. The third-order valence-corrected chi connectivity index (χ3v) is 7.64. The van der Waals surface area contributed by atoms with E-state index in [9.17, 15) is 14.4 Å². The maximum absolute atomic E-state index is 13.2. The van der Waals surface area contributed by atoms with E-state index in [1.165, 1.54) is 11.3 Å². The summed E-state index contributed by atoms with van der Waals surface area (Å²) in [6, 6.07) is 6.74. The van der Waals surface area contributed by atoms with Gasteiger partial charge in [-0.2, -0.15) is 0 Å². The van der Waals surface area contributed by atoms with Crippen LogP contribution in [0.1, 0.15) is 53.8 Å². The molecule has 4 rings (SSSR count). The largest absolute Gasteiger partial charge is 0.462 e. The SMILES string of the molecule is CCOC(=O)c1c(NC(=O)[C@@H](C)[NH+](C)Cc2nc3ccccc3c(=O)[nH]2)sc2c1CC[C@@H](C)C2. The minimum absolute atomic E-state index is 0.192. The maximum Gasteiger partial charge on any atom is 0.341 e. The molecule has 1 aliphatic rings. The number of carbonyl (C=O) groups excluding carboxylic acids is 2. The van der Waals surface area contributed by atoms with Crippen molar-refractivity contribution in [2.75, 3.05) is 19.0 Å². The molecule has 3 N–H and O–H groups in total. The molecule has 0 radical (unpaired) electrons. The summed E-state index contributed by atoms with van der Waals surface area (Å²) in [6.45, 7) is 6.47. The van der Waals surface area contributed by atoms with Gasteiger partial charge < -0.3 is 19.9 Å². The van der Waals surface area contributed by atoms with Crippen molar-refractivity contribution in [2.24, 2.45) is 5.92 Å². The Kier molecular flexibility index (Phi) is 7.13. The van der Waals surface area contributed by atoms with Crippen molar-refractivity contribution in [1.82, 2.24) is 9.97 Å². The zero-order valence-corrected chi connectivity index (χ0v) is 20.8. The average Bonchev–Trinajstić information content (AvgIpc) is 3.15. The van der Waals surface area contributed by atoms with E-state index in [4.69, 9.17) is 4.74 Å². The Morgan fingerprint density at radius 3 is 2.88 bits per heavy atom. The summed E-state index contributed by atoms with van der Waals surface area (Å²) in [4.78, 5) is 47.7. The van der Waals surface area contributed by atoms with Crippen LogP contribution in [-0.4, -0.2) is 41.5 Å². The highest BCUT2D eigenvalue weighted by molar-refractivity contribution is 7.17. The molecule has 9 heteroatoms. The van der Waals surface area contributed by atoms with Crippen molar-refractivity contribution >= 4 is 39.1 Å². The fraction of sp³-hybridized carbons (Fsp3) is 0.440. The number of likely N-dealkylation sites (N-methyl/N-ethyl adjacent to an activating group) is 1. The Bertz CT molecular complexity index is 1280. The Morgan fingerprint density at radius 1 is 1.35 bits per heavy atom. The molecule has 1 aliphatic carbocycles. The number of H-pyrrole nitrogens is 1. The molecule has 0 saturated carbocycles. The van der Waals surface area contributed by atoms with Gasteiger partial charge in [-0.05, 0) is 56.7 Å². The second-order valence-electron chi connectivity index (χ2n) is 9.04. The predicted octanol–water partition coefficient (Wildman–Crippen LogP) is 2.33. The van der Waals surface area contributed by atoms with Crippen LogP contribution in [0.25, 0.3) is 10.9 Å². The predicted molar refractivity (Wildman–Crippen MR) is 133 cm³/mol. The lowest BCUT2D eigenvalue weighted by molar-refractivity contribution is -0.908. The van der Waals surface area contributed by atoms with Crippen molar-refractivity contribution < 1.29 is 19.2 Å². The molecule has 0 saturated heterocycles. The molecule has 1 amide bonds. The van der Waals surface area contributed by atoms with E-state index in [0.29, 0.717) is 39.8 Å². The summed E-state index contributed by atoms with van der Waals surface area (Å²) < 4.78 is 5.30. The first-order valence-electron chi connectivity index (χ1n) is 11.7. The molecule has 0 aliphatic heterocycles. The molecule has 2 heterocycles. The fourth-order valence-corrected chi connectivity index (χ4v) is 5.74. The minimum Gasteiger partial charge on any atom is -0.462 e. The first-order chi connectivity index (χ1) is 16.3. The lowest BCUT2D eigenvalue weighted by atomic mass is 9.88. The summed E-state index contributed by atoms with van der Waals surface area (Å²) in [5, 5.41) is 4.10. The number of quaternary nitrogens is 1. The van der Waals surface area contributed by atoms with Gasteiger partial charge in [0.05, 0.1) is 30.1 Å². The van der Waals surface area contributed by atoms with Crippen LogP contribution in [0.15, 0.2) is 29.1 Å². The van der Waals surface area contributed by atoms with Crippen LogP contribution in [0.3, 0.4) is 0 Å². The number of esters is 1. The summed E-state index contributed by atoms with van der Waals surface area (Å²) in [5.41, 5.74) is 1.96. The molecule has 1 unspecified atom stereocenters. The first-order valence-corrected chi connectivity index (χ1v) is 12.5.